The van der Waals surface area contributed by atoms with E-state index < -0.39 is 0 Å². The quantitative estimate of drug-likeness (QED) is 0.843. The van der Waals surface area contributed by atoms with E-state index in [0.29, 0.717) is 12.5 Å². The maximum atomic E-state index is 11.1. The number of rotatable bonds is 3. The third-order valence-electron chi connectivity index (χ3n) is 3.95. The van der Waals surface area contributed by atoms with Gasteiger partial charge in [0, 0.05) is 24.0 Å². The number of aromatic amines is 1. The summed E-state index contributed by atoms with van der Waals surface area (Å²) in [5.74, 6) is 3.11. The van der Waals surface area contributed by atoms with E-state index in [2.05, 4.69) is 23.2 Å². The van der Waals surface area contributed by atoms with Crippen molar-refractivity contribution in [2.45, 2.75) is 32.6 Å². The summed E-state index contributed by atoms with van der Waals surface area (Å²) in [4.78, 5) is 13.8. The first-order valence-electron chi connectivity index (χ1n) is 5.87. The molecule has 2 rings (SSSR count). The lowest BCUT2D eigenvalue weighted by Gasteiger charge is -2.19. The standard InChI is InChI=1S/C11H19N3OS/c1-6-3-8(4-7(6)2)9(5-12)10-13-11(15)16-14-10/h6-9H,3-5,12H2,1-2H3,(H,13,14,15)/t6-,7-,9?/m0/s1. The lowest BCUT2D eigenvalue weighted by atomic mass is 9.89. The Morgan fingerprint density at radius 3 is 2.56 bits per heavy atom. The molecule has 0 radical (unpaired) electrons. The number of nitrogens with zero attached hydrogens (tertiary/aromatic N) is 1. The van der Waals surface area contributed by atoms with Gasteiger partial charge in [0.2, 0.25) is 0 Å². The third-order valence-corrected chi connectivity index (χ3v) is 4.51. The van der Waals surface area contributed by atoms with E-state index in [1.54, 1.807) is 0 Å². The van der Waals surface area contributed by atoms with E-state index in [4.69, 9.17) is 5.73 Å². The molecule has 0 amide bonds. The number of aromatic nitrogens is 2. The SMILES string of the molecule is C[C@H]1CC(C(CN)c2nsc(=O)[nH]2)C[C@@H]1C. The van der Waals surface area contributed by atoms with Crippen LogP contribution in [0.15, 0.2) is 4.79 Å². The van der Waals surface area contributed by atoms with Gasteiger partial charge >= 0.3 is 4.87 Å². The van der Waals surface area contributed by atoms with Crippen LogP contribution in [0, 0.1) is 17.8 Å². The molecule has 0 aliphatic heterocycles. The average Bonchev–Trinajstić information content (AvgIpc) is 2.77. The summed E-state index contributed by atoms with van der Waals surface area (Å²) in [5.41, 5.74) is 5.83. The van der Waals surface area contributed by atoms with Crippen LogP contribution in [0.25, 0.3) is 0 Å². The second kappa shape index (κ2) is 4.67. The molecule has 3 N–H and O–H groups in total. The molecule has 0 spiro atoms. The van der Waals surface area contributed by atoms with Crippen molar-refractivity contribution in [3.8, 4) is 0 Å². The van der Waals surface area contributed by atoms with Crippen molar-refractivity contribution in [3.63, 3.8) is 0 Å². The van der Waals surface area contributed by atoms with Crippen LogP contribution >= 0.6 is 11.5 Å². The van der Waals surface area contributed by atoms with Gasteiger partial charge in [-0.25, -0.2) is 0 Å². The normalized spacial score (nSPS) is 28.4. The van der Waals surface area contributed by atoms with Gasteiger partial charge in [0.1, 0.15) is 5.82 Å². The molecule has 1 aliphatic rings. The summed E-state index contributed by atoms with van der Waals surface area (Å²) in [6.45, 7) is 5.16. The van der Waals surface area contributed by atoms with Gasteiger partial charge in [-0.1, -0.05) is 13.8 Å². The zero-order chi connectivity index (χ0) is 11.7. The van der Waals surface area contributed by atoms with E-state index in [1.807, 2.05) is 0 Å². The maximum absolute atomic E-state index is 11.1. The van der Waals surface area contributed by atoms with Gasteiger partial charge in [-0.3, -0.25) is 9.78 Å². The summed E-state index contributed by atoms with van der Waals surface area (Å²) >= 11 is 0.992. The number of nitrogens with one attached hydrogen (secondary N) is 1. The van der Waals surface area contributed by atoms with Crippen LogP contribution in [0.4, 0.5) is 0 Å². The molecule has 90 valence electrons. The second-order valence-electron chi connectivity index (χ2n) is 5.01. The van der Waals surface area contributed by atoms with Crippen molar-refractivity contribution in [1.82, 2.24) is 9.36 Å². The molecule has 3 atom stereocenters. The first kappa shape index (κ1) is 11.8. The van der Waals surface area contributed by atoms with Crippen LogP contribution < -0.4 is 10.6 Å². The molecule has 1 aromatic rings. The van der Waals surface area contributed by atoms with Crippen molar-refractivity contribution in [2.24, 2.45) is 23.5 Å². The van der Waals surface area contributed by atoms with Crippen molar-refractivity contribution in [3.05, 3.63) is 15.5 Å². The van der Waals surface area contributed by atoms with Crippen molar-refractivity contribution >= 4 is 11.5 Å². The molecule has 1 fully saturated rings. The average molecular weight is 241 g/mol. The molecule has 0 aromatic carbocycles. The molecule has 1 aliphatic carbocycles. The van der Waals surface area contributed by atoms with Gasteiger partial charge in [-0.15, -0.1) is 0 Å². The molecule has 1 unspecified atom stereocenters. The predicted molar refractivity (Wildman–Crippen MR) is 65.6 cm³/mol. The maximum Gasteiger partial charge on any atom is 0.323 e. The number of nitrogens with two attached hydrogens (primary N) is 1. The Hall–Kier alpha value is -0.680. The molecule has 1 saturated carbocycles. The number of H-pyrrole nitrogens is 1. The molecule has 4 nitrogen and oxygen atoms in total. The Balaban J connectivity index is 2.15. The topological polar surface area (TPSA) is 71.8 Å². The van der Waals surface area contributed by atoms with Crippen LogP contribution in [0.2, 0.25) is 0 Å². The zero-order valence-corrected chi connectivity index (χ0v) is 10.6. The van der Waals surface area contributed by atoms with Crippen LogP contribution in [-0.4, -0.2) is 15.9 Å². The van der Waals surface area contributed by atoms with Crippen LogP contribution in [-0.2, 0) is 0 Å². The van der Waals surface area contributed by atoms with Crippen LogP contribution in [0.5, 0.6) is 0 Å². The van der Waals surface area contributed by atoms with Crippen molar-refractivity contribution < 1.29 is 0 Å². The van der Waals surface area contributed by atoms with Gasteiger partial charge < -0.3 is 5.73 Å². The molecule has 16 heavy (non-hydrogen) atoms. The highest BCUT2D eigenvalue weighted by Gasteiger charge is 2.34. The highest BCUT2D eigenvalue weighted by atomic mass is 32.1. The minimum absolute atomic E-state index is 0.0763. The van der Waals surface area contributed by atoms with Gasteiger partial charge in [-0.05, 0) is 30.6 Å². The van der Waals surface area contributed by atoms with Crippen molar-refractivity contribution in [2.75, 3.05) is 6.54 Å². The fraction of sp³-hybridized carbons (Fsp3) is 0.818. The summed E-state index contributed by atoms with van der Waals surface area (Å²) in [7, 11) is 0. The fourth-order valence-electron chi connectivity index (χ4n) is 2.77. The van der Waals surface area contributed by atoms with Gasteiger partial charge in [0.15, 0.2) is 0 Å². The van der Waals surface area contributed by atoms with E-state index in [9.17, 15) is 4.79 Å². The van der Waals surface area contributed by atoms with Gasteiger partial charge in [0.25, 0.3) is 0 Å². The molecule has 0 bridgehead atoms. The van der Waals surface area contributed by atoms with E-state index in [-0.39, 0.29) is 10.8 Å². The number of hydrogen-bond acceptors (Lipinski definition) is 4. The smallest absolute Gasteiger partial charge is 0.323 e. The monoisotopic (exact) mass is 241 g/mol. The van der Waals surface area contributed by atoms with Crippen LogP contribution in [0.3, 0.4) is 0 Å². The summed E-state index contributed by atoms with van der Waals surface area (Å²) < 4.78 is 4.18. The second-order valence-corrected chi connectivity index (χ2v) is 5.74. The zero-order valence-electron chi connectivity index (χ0n) is 9.77. The minimum atomic E-state index is -0.0763. The predicted octanol–water partition coefficient (Wildman–Crippen LogP) is 1.56. The Labute approximate surface area is 99.4 Å². The molecular formula is C11H19N3OS. The first-order chi connectivity index (χ1) is 7.61. The third kappa shape index (κ3) is 2.20. The van der Waals surface area contributed by atoms with Gasteiger partial charge in [0.05, 0.1) is 0 Å². The summed E-state index contributed by atoms with van der Waals surface area (Å²) in [5, 5.41) is 0. The van der Waals surface area contributed by atoms with Crippen LogP contribution in [0.1, 0.15) is 38.4 Å². The Morgan fingerprint density at radius 1 is 1.50 bits per heavy atom. The summed E-state index contributed by atoms with van der Waals surface area (Å²) in [6, 6.07) is 0. The Kier molecular flexibility index (Phi) is 3.44. The largest absolute Gasteiger partial charge is 0.330 e. The van der Waals surface area contributed by atoms with Crippen molar-refractivity contribution in [1.29, 1.82) is 0 Å². The highest BCUT2D eigenvalue weighted by Crippen LogP contribution is 2.42. The highest BCUT2D eigenvalue weighted by molar-refractivity contribution is 7.02. The Morgan fingerprint density at radius 2 is 2.12 bits per heavy atom. The molecule has 5 heteroatoms. The van der Waals surface area contributed by atoms with E-state index >= 15 is 0 Å². The first-order valence-corrected chi connectivity index (χ1v) is 6.65. The lowest BCUT2D eigenvalue weighted by molar-refractivity contribution is 0.411. The minimum Gasteiger partial charge on any atom is -0.330 e. The fourth-order valence-corrected chi connectivity index (χ4v) is 3.29. The molecular weight excluding hydrogens is 222 g/mol. The Bertz CT molecular complexity index is 390. The van der Waals surface area contributed by atoms with E-state index in [0.717, 1.165) is 29.2 Å². The number of hydrogen-bond donors (Lipinski definition) is 2. The summed E-state index contributed by atoms with van der Waals surface area (Å²) in [6.07, 6.45) is 2.39. The molecule has 0 saturated heterocycles. The molecule has 1 aromatic heterocycles. The lowest BCUT2D eigenvalue weighted by Crippen LogP contribution is -2.22. The van der Waals surface area contributed by atoms with E-state index in [1.165, 1.54) is 12.8 Å². The van der Waals surface area contributed by atoms with Gasteiger partial charge in [-0.2, -0.15) is 4.37 Å². The molecule has 1 heterocycles.